The topological polar surface area (TPSA) is 47.6 Å². The van der Waals surface area contributed by atoms with E-state index in [-0.39, 0.29) is 21.1 Å². The average Bonchev–Trinajstić information content (AvgIpc) is 3.46. The zero-order valence-electron chi connectivity index (χ0n) is 20.1. The normalized spacial score (nSPS) is 14.7. The molecule has 0 radical (unpaired) electrons. The van der Waals surface area contributed by atoms with Crippen LogP contribution in [0, 0.1) is 43.4 Å². The molecule has 0 atom stereocenters. The van der Waals surface area contributed by atoms with E-state index in [0.717, 1.165) is 22.7 Å². The van der Waals surface area contributed by atoms with Gasteiger partial charge in [0, 0.05) is 40.9 Å². The fourth-order valence-corrected chi connectivity index (χ4v) is 3.65. The van der Waals surface area contributed by atoms with Crippen LogP contribution >= 0.6 is 0 Å². The van der Waals surface area contributed by atoms with E-state index in [2.05, 4.69) is 23.0 Å². The zero-order chi connectivity index (χ0) is 24.2. The first kappa shape index (κ1) is 26.0. The summed E-state index contributed by atoms with van der Waals surface area (Å²) in [5.41, 5.74) is 4.38. The Bertz CT molecular complexity index is 1100. The van der Waals surface area contributed by atoms with Gasteiger partial charge in [0.2, 0.25) is 5.82 Å². The van der Waals surface area contributed by atoms with Gasteiger partial charge in [0.1, 0.15) is 11.8 Å². The van der Waals surface area contributed by atoms with Gasteiger partial charge in [-0.25, -0.2) is 0 Å². The summed E-state index contributed by atoms with van der Waals surface area (Å²) in [4.78, 5) is 15.3. The third-order valence-electron chi connectivity index (χ3n) is 5.59. The van der Waals surface area contributed by atoms with E-state index in [1.807, 2.05) is 107 Å². The Kier molecular flexibility index (Phi) is 8.33. The second-order valence-electron chi connectivity index (χ2n) is 8.31. The third-order valence-corrected chi connectivity index (χ3v) is 5.59. The van der Waals surface area contributed by atoms with Crippen molar-refractivity contribution in [2.75, 3.05) is 60.9 Å². The number of nitriles is 1. The van der Waals surface area contributed by atoms with Crippen molar-refractivity contribution in [1.82, 2.24) is 9.80 Å². The molecule has 8 nitrogen and oxygen atoms in total. The summed E-state index contributed by atoms with van der Waals surface area (Å²) < 4.78 is 0. The molecule has 35 heavy (non-hydrogen) atoms. The van der Waals surface area contributed by atoms with Crippen LogP contribution in [-0.2, 0) is 21.1 Å². The summed E-state index contributed by atoms with van der Waals surface area (Å²) in [5.74, 6) is 0.522. The molecular weight excluding hydrogens is 619 g/mol. The van der Waals surface area contributed by atoms with Gasteiger partial charge in [-0.15, -0.1) is 35.6 Å². The van der Waals surface area contributed by atoms with Crippen LogP contribution in [0.3, 0.4) is 0 Å². The van der Waals surface area contributed by atoms with Crippen molar-refractivity contribution in [3.05, 3.63) is 97.2 Å². The number of allylic oxidation sites excluding steroid dienone is 1. The Morgan fingerprint density at radius 2 is 1.43 bits per heavy atom. The summed E-state index contributed by atoms with van der Waals surface area (Å²) >= 11 is 0. The molecule has 2 aliphatic heterocycles. The van der Waals surface area contributed by atoms with E-state index < -0.39 is 0 Å². The molecule has 2 aromatic rings. The van der Waals surface area contributed by atoms with Gasteiger partial charge < -0.3 is 34.2 Å². The van der Waals surface area contributed by atoms with Gasteiger partial charge in [0.25, 0.3) is 0 Å². The van der Waals surface area contributed by atoms with E-state index in [0.29, 0.717) is 24.6 Å². The summed E-state index contributed by atoms with van der Waals surface area (Å²) in [6.07, 6.45) is 3.61. The fraction of sp³-hybridized carbons (Fsp3) is 0.231. The maximum absolute atomic E-state index is 9.67. The number of nitrogens with zero attached hydrogens (tertiary/aromatic N) is 8. The zero-order valence-corrected chi connectivity index (χ0v) is 22.4. The molecule has 2 heterocycles. The number of anilines is 4. The Morgan fingerprint density at radius 3 is 1.94 bits per heavy atom. The molecule has 2 aromatic carbocycles. The molecule has 4 rings (SSSR count). The maximum Gasteiger partial charge on any atom is 4.00 e. The van der Waals surface area contributed by atoms with E-state index >= 15 is 0 Å². The van der Waals surface area contributed by atoms with Crippen LogP contribution in [0.15, 0.2) is 60.3 Å². The summed E-state index contributed by atoms with van der Waals surface area (Å²) in [6, 6.07) is 20.5. The Hall–Kier alpha value is -3.61. The number of rotatable bonds is 7. The van der Waals surface area contributed by atoms with E-state index in [1.165, 1.54) is 0 Å². The van der Waals surface area contributed by atoms with E-state index in [1.54, 1.807) is 12.4 Å². The van der Waals surface area contributed by atoms with Gasteiger partial charge in [-0.2, -0.15) is 36.2 Å². The second kappa shape index (κ2) is 11.2. The second-order valence-corrected chi connectivity index (χ2v) is 8.31. The predicted molar refractivity (Wildman–Crippen MR) is 135 cm³/mol. The van der Waals surface area contributed by atoms with Crippen LogP contribution in [0.25, 0.3) is 4.85 Å². The molecule has 0 saturated carbocycles. The Labute approximate surface area is 222 Å². The first-order valence-electron chi connectivity index (χ1n) is 10.8. The van der Waals surface area contributed by atoms with Crippen molar-refractivity contribution in [1.29, 1.82) is 5.26 Å². The van der Waals surface area contributed by atoms with Gasteiger partial charge in [0.05, 0.1) is 6.54 Å². The number of hydrogen-bond donors (Lipinski definition) is 0. The van der Waals surface area contributed by atoms with Gasteiger partial charge in [-0.05, 0) is 6.20 Å². The average molecular weight is 646 g/mol. The van der Waals surface area contributed by atoms with Gasteiger partial charge in [-0.1, -0.05) is 24.6 Å². The van der Waals surface area contributed by atoms with Crippen molar-refractivity contribution < 1.29 is 21.1 Å². The molecule has 0 bridgehead atoms. The van der Waals surface area contributed by atoms with Crippen LogP contribution in [0.1, 0.15) is 0 Å². The molecule has 0 spiro atoms. The molecule has 0 unspecified atom stereocenters. The van der Waals surface area contributed by atoms with E-state index in [4.69, 9.17) is 6.57 Å². The summed E-state index contributed by atoms with van der Waals surface area (Å²) in [5, 5.41) is 9.67. The molecule has 0 fully saturated rings. The van der Waals surface area contributed by atoms with Gasteiger partial charge in [-0.3, -0.25) is 0 Å². The summed E-state index contributed by atoms with van der Waals surface area (Å²) in [7, 11) is 7.96. The smallest absolute Gasteiger partial charge is 0.499 e. The third kappa shape index (κ3) is 5.73. The molecule has 0 aliphatic carbocycles. The quantitative estimate of drug-likeness (QED) is 0.426. The maximum atomic E-state index is 9.67. The first-order valence-corrected chi connectivity index (χ1v) is 10.8. The minimum atomic E-state index is 0. The van der Waals surface area contributed by atoms with Crippen molar-refractivity contribution in [2.24, 2.45) is 0 Å². The van der Waals surface area contributed by atoms with Crippen LogP contribution in [0.5, 0.6) is 0 Å². The molecule has 2 aliphatic rings. The van der Waals surface area contributed by atoms with Gasteiger partial charge in [0.15, 0.2) is 0 Å². The minimum Gasteiger partial charge on any atom is -0.499 e. The van der Waals surface area contributed by atoms with Crippen molar-refractivity contribution in [3.63, 3.8) is 0 Å². The van der Waals surface area contributed by atoms with Crippen molar-refractivity contribution in [2.45, 2.75) is 0 Å². The molecular formula is C26H26N8Pt. The Morgan fingerprint density at radius 1 is 0.914 bits per heavy atom. The van der Waals surface area contributed by atoms with Crippen LogP contribution in [0.2, 0.25) is 0 Å². The molecule has 180 valence electrons. The molecule has 0 N–H and O–H groups in total. The molecule has 0 saturated heterocycles. The number of benzene rings is 2. The fourth-order valence-electron chi connectivity index (χ4n) is 3.65. The van der Waals surface area contributed by atoms with Crippen LogP contribution in [0.4, 0.5) is 22.7 Å². The van der Waals surface area contributed by atoms with Gasteiger partial charge >= 0.3 is 21.1 Å². The van der Waals surface area contributed by atoms with Crippen LogP contribution in [-0.4, -0.2) is 51.1 Å². The molecule has 0 aromatic heterocycles. The van der Waals surface area contributed by atoms with Crippen molar-refractivity contribution in [3.8, 4) is 6.07 Å². The number of hydrogen-bond acceptors (Lipinski definition) is 7. The monoisotopic (exact) mass is 645 g/mol. The SMILES string of the molecule is [C-]#[N+]C1=CN(c2[c-]ccc(N(C)C)c2)[CH-]N1CCN1[CH-]N(c2[c-]ccc(N(C)C)c2)C=C1C#N.[Pt+4]. The summed E-state index contributed by atoms with van der Waals surface area (Å²) in [6.45, 7) is 12.5. The molecule has 0 amide bonds. The standard InChI is InChI=1S/C26H26N8.Pt/c1-28-26-18-34(24-11-7-9-22(15-24)30(4)5)20-32(26)13-12-31-19-33(17-25(31)16-27)23-10-6-8-21(14-23)29(2)3;/h6-9,14-15,17-20H,12-13H2,2-5H3;/q-4;+4. The van der Waals surface area contributed by atoms with Crippen LogP contribution < -0.4 is 19.6 Å². The largest absolute Gasteiger partial charge is 4.00 e. The molecule has 9 heteroatoms. The first-order chi connectivity index (χ1) is 16.4. The van der Waals surface area contributed by atoms with Crippen molar-refractivity contribution >= 4 is 22.7 Å². The minimum absolute atomic E-state index is 0. The predicted octanol–water partition coefficient (Wildman–Crippen LogP) is 3.68. The Balaban J connectivity index is 0.00000342. The van der Waals surface area contributed by atoms with E-state index in [9.17, 15) is 5.26 Å².